The number of rotatable bonds is 8. The van der Waals surface area contributed by atoms with Gasteiger partial charge in [-0.25, -0.2) is 0 Å². The molecule has 0 aliphatic carbocycles. The highest BCUT2D eigenvalue weighted by Crippen LogP contribution is 2.38. The molecular formula is C34H34N2OSi. The minimum Gasteiger partial charge on any atom is -0.534 e. The highest BCUT2D eigenvalue weighted by atomic mass is 28.4. The van der Waals surface area contributed by atoms with Crippen LogP contribution in [0.15, 0.2) is 140 Å². The summed E-state index contributed by atoms with van der Waals surface area (Å²) in [6, 6.07) is 48.3. The Balaban J connectivity index is 1.37. The largest absolute Gasteiger partial charge is 0.534 e. The average molecular weight is 515 g/mol. The first-order valence-corrected chi connectivity index (χ1v) is 14.9. The molecule has 0 fully saturated rings. The van der Waals surface area contributed by atoms with Gasteiger partial charge in [0.25, 0.3) is 0 Å². The van der Waals surface area contributed by atoms with Crippen LogP contribution in [0.5, 0.6) is 5.75 Å². The molecule has 190 valence electrons. The third kappa shape index (κ3) is 5.51. The van der Waals surface area contributed by atoms with Crippen molar-refractivity contribution in [3.63, 3.8) is 0 Å². The van der Waals surface area contributed by atoms with E-state index in [2.05, 4.69) is 153 Å². The number of hydrogen-bond acceptors (Lipinski definition) is 3. The van der Waals surface area contributed by atoms with E-state index < -0.39 is 8.32 Å². The van der Waals surface area contributed by atoms with Crippen LogP contribution in [0.3, 0.4) is 0 Å². The molecule has 0 radical (unpaired) electrons. The fourth-order valence-corrected chi connectivity index (χ4v) is 9.34. The number of hydrogen-bond donors (Lipinski definition) is 2. The monoisotopic (exact) mass is 514 g/mol. The molecule has 0 saturated heterocycles. The highest BCUT2D eigenvalue weighted by Gasteiger charge is 2.52. The molecule has 0 spiro atoms. The molecule has 2 N–H and O–H groups in total. The predicted octanol–water partition coefficient (Wildman–Crippen LogP) is 8.11. The maximum Gasteiger partial charge on any atom is 0.319 e. The van der Waals surface area contributed by atoms with Crippen LogP contribution >= 0.6 is 0 Å². The standard InChI is InChI=1S/C34H34N2OSi/c1-34(2,3)38(32-15-9-5-10-16-32,33-17-11-6-12-18-33)37-31-25-23-30(24-26-31)36-29-21-19-28(20-22-29)35-27-13-7-4-8-14-27/h4-26,35-36H,1-3H3. The Morgan fingerprint density at radius 3 is 1.18 bits per heavy atom. The van der Waals surface area contributed by atoms with Crippen LogP contribution in [0.2, 0.25) is 5.04 Å². The van der Waals surface area contributed by atoms with Gasteiger partial charge in [0.05, 0.1) is 0 Å². The van der Waals surface area contributed by atoms with Gasteiger partial charge < -0.3 is 15.1 Å². The molecule has 0 atom stereocenters. The first kappa shape index (κ1) is 25.4. The summed E-state index contributed by atoms with van der Waals surface area (Å²) in [7, 11) is -2.65. The smallest absolute Gasteiger partial charge is 0.319 e. The van der Waals surface area contributed by atoms with Crippen molar-refractivity contribution in [1.82, 2.24) is 0 Å². The van der Waals surface area contributed by atoms with Crippen LogP contribution in [0.4, 0.5) is 22.7 Å². The molecule has 3 nitrogen and oxygen atoms in total. The highest BCUT2D eigenvalue weighted by molar-refractivity contribution is 7.00. The molecule has 0 unspecified atom stereocenters. The van der Waals surface area contributed by atoms with E-state index in [9.17, 15) is 0 Å². The molecule has 0 bridgehead atoms. The molecule has 0 heterocycles. The molecule has 5 rings (SSSR count). The van der Waals surface area contributed by atoms with E-state index in [0.717, 1.165) is 28.5 Å². The predicted molar refractivity (Wildman–Crippen MR) is 164 cm³/mol. The second kappa shape index (κ2) is 11.0. The van der Waals surface area contributed by atoms with E-state index >= 15 is 0 Å². The fourth-order valence-electron chi connectivity index (χ4n) is 4.92. The summed E-state index contributed by atoms with van der Waals surface area (Å²) in [5.74, 6) is 0.882. The third-order valence-electron chi connectivity index (χ3n) is 6.78. The Hall–Kier alpha value is -4.28. The van der Waals surface area contributed by atoms with Crippen LogP contribution in [0.25, 0.3) is 0 Å². The molecule has 0 aliphatic heterocycles. The summed E-state index contributed by atoms with van der Waals surface area (Å²) in [5.41, 5.74) is 4.17. The number of nitrogens with one attached hydrogen (secondary N) is 2. The molecule has 5 aromatic carbocycles. The molecule has 0 aliphatic rings. The van der Waals surface area contributed by atoms with Gasteiger partial charge in [0, 0.05) is 22.7 Å². The fraction of sp³-hybridized carbons (Fsp3) is 0.118. The van der Waals surface area contributed by atoms with Crippen LogP contribution in [-0.4, -0.2) is 8.32 Å². The van der Waals surface area contributed by atoms with Crippen LogP contribution in [0.1, 0.15) is 20.8 Å². The summed E-state index contributed by atoms with van der Waals surface area (Å²) < 4.78 is 7.12. The zero-order valence-corrected chi connectivity index (χ0v) is 23.2. The topological polar surface area (TPSA) is 33.3 Å². The van der Waals surface area contributed by atoms with Crippen molar-refractivity contribution in [1.29, 1.82) is 0 Å². The van der Waals surface area contributed by atoms with Crippen molar-refractivity contribution in [2.75, 3.05) is 10.6 Å². The first-order valence-electron chi connectivity index (χ1n) is 13.0. The van der Waals surface area contributed by atoms with E-state index in [4.69, 9.17) is 4.43 Å². The van der Waals surface area contributed by atoms with Crippen molar-refractivity contribution >= 4 is 41.4 Å². The Morgan fingerprint density at radius 2 is 0.789 bits per heavy atom. The minimum atomic E-state index is -2.65. The zero-order chi connectivity index (χ0) is 26.4. The molecule has 5 aromatic rings. The van der Waals surface area contributed by atoms with E-state index in [1.807, 2.05) is 18.2 Å². The van der Waals surface area contributed by atoms with Gasteiger partial charge in [-0.05, 0) is 76.1 Å². The van der Waals surface area contributed by atoms with Crippen LogP contribution in [0, 0.1) is 0 Å². The van der Waals surface area contributed by atoms with E-state index in [-0.39, 0.29) is 5.04 Å². The van der Waals surface area contributed by atoms with E-state index in [1.54, 1.807) is 0 Å². The van der Waals surface area contributed by atoms with Gasteiger partial charge in [-0.3, -0.25) is 0 Å². The van der Waals surface area contributed by atoms with Gasteiger partial charge in [0.15, 0.2) is 0 Å². The lowest BCUT2D eigenvalue weighted by molar-refractivity contribution is 0.508. The molecular weight excluding hydrogens is 480 g/mol. The SMILES string of the molecule is CC(C)(C)[Si](Oc1ccc(Nc2ccc(Nc3ccccc3)cc2)cc1)(c1ccccc1)c1ccccc1. The quantitative estimate of drug-likeness (QED) is 0.205. The van der Waals surface area contributed by atoms with E-state index in [0.29, 0.717) is 0 Å². The molecule has 38 heavy (non-hydrogen) atoms. The summed E-state index contributed by atoms with van der Waals surface area (Å²) in [4.78, 5) is 0. The van der Waals surface area contributed by atoms with Gasteiger partial charge in [0.1, 0.15) is 5.75 Å². The summed E-state index contributed by atoms with van der Waals surface area (Å²) in [6.45, 7) is 6.89. The lowest BCUT2D eigenvalue weighted by atomic mass is 10.2. The van der Waals surface area contributed by atoms with Crippen molar-refractivity contribution < 1.29 is 4.43 Å². The lowest BCUT2D eigenvalue weighted by Gasteiger charge is -2.43. The Morgan fingerprint density at radius 1 is 0.447 bits per heavy atom. The van der Waals surface area contributed by atoms with Gasteiger partial charge in [-0.15, -0.1) is 0 Å². The number of para-hydroxylation sites is 1. The third-order valence-corrected chi connectivity index (χ3v) is 11.7. The van der Waals surface area contributed by atoms with Gasteiger partial charge in [-0.2, -0.15) is 0 Å². The Labute approximate surface area is 227 Å². The van der Waals surface area contributed by atoms with Crippen LogP contribution in [-0.2, 0) is 0 Å². The number of anilines is 4. The second-order valence-corrected chi connectivity index (χ2v) is 14.7. The van der Waals surface area contributed by atoms with Crippen molar-refractivity contribution in [2.45, 2.75) is 25.8 Å². The van der Waals surface area contributed by atoms with Crippen molar-refractivity contribution in [3.05, 3.63) is 140 Å². The normalized spacial score (nSPS) is 11.6. The zero-order valence-electron chi connectivity index (χ0n) is 22.2. The van der Waals surface area contributed by atoms with Crippen LogP contribution < -0.4 is 25.4 Å². The Bertz CT molecular complexity index is 1390. The number of benzene rings is 5. The summed E-state index contributed by atoms with van der Waals surface area (Å²) in [6.07, 6.45) is 0. The maximum absolute atomic E-state index is 7.12. The molecule has 0 amide bonds. The first-order chi connectivity index (χ1) is 18.4. The maximum atomic E-state index is 7.12. The van der Waals surface area contributed by atoms with E-state index in [1.165, 1.54) is 10.4 Å². The average Bonchev–Trinajstić information content (AvgIpc) is 2.94. The van der Waals surface area contributed by atoms with Crippen molar-refractivity contribution in [3.8, 4) is 5.75 Å². The molecule has 4 heteroatoms. The van der Waals surface area contributed by atoms with Gasteiger partial charge in [0.2, 0.25) is 0 Å². The lowest BCUT2D eigenvalue weighted by Crippen LogP contribution is -2.68. The molecule has 0 aromatic heterocycles. The summed E-state index contributed by atoms with van der Waals surface area (Å²) >= 11 is 0. The summed E-state index contributed by atoms with van der Waals surface area (Å²) in [5, 5.41) is 9.39. The van der Waals surface area contributed by atoms with Gasteiger partial charge in [-0.1, -0.05) is 99.6 Å². The van der Waals surface area contributed by atoms with Gasteiger partial charge >= 0.3 is 8.32 Å². The minimum absolute atomic E-state index is 0.0812. The molecule has 0 saturated carbocycles. The Kier molecular flexibility index (Phi) is 7.34. The second-order valence-electron chi connectivity index (χ2n) is 10.5. The van der Waals surface area contributed by atoms with Crippen molar-refractivity contribution in [2.24, 2.45) is 0 Å².